The van der Waals surface area contributed by atoms with E-state index in [1.165, 1.54) is 12.1 Å². The third-order valence-electron chi connectivity index (χ3n) is 4.76. The van der Waals surface area contributed by atoms with Gasteiger partial charge in [0.1, 0.15) is 5.82 Å². The number of carbonyl (C=O) groups is 1. The molecule has 0 spiro atoms. The van der Waals surface area contributed by atoms with E-state index in [4.69, 9.17) is 21.5 Å². The molecule has 2 aromatic rings. The normalized spacial score (nSPS) is 13.1. The highest BCUT2D eigenvalue weighted by atomic mass is 35.5. The fourth-order valence-corrected chi connectivity index (χ4v) is 3.23. The third kappa shape index (κ3) is 8.06. The summed E-state index contributed by atoms with van der Waals surface area (Å²) in [5, 5.41) is 13.0. The minimum Gasteiger partial charge on any atom is -0.377 e. The molecule has 0 aliphatic heterocycles. The molecule has 1 aromatic heterocycles. The predicted molar refractivity (Wildman–Crippen MR) is 109 cm³/mol. The molecule has 1 aromatic carbocycles. The van der Waals surface area contributed by atoms with E-state index in [9.17, 15) is 9.18 Å². The highest BCUT2D eigenvalue weighted by Crippen LogP contribution is 2.27. The molecule has 0 bridgehead atoms. The molecule has 1 heterocycles. The quantitative estimate of drug-likeness (QED) is 0.272. The first-order chi connectivity index (χ1) is 14.0. The number of rotatable bonds is 12. The van der Waals surface area contributed by atoms with Crippen molar-refractivity contribution >= 4 is 17.5 Å². The third-order valence-corrected chi connectivity index (χ3v) is 4.98. The molecule has 3 N–H and O–H groups in total. The van der Waals surface area contributed by atoms with Crippen molar-refractivity contribution in [3.05, 3.63) is 64.7 Å². The minimum atomic E-state index is -0.438. The van der Waals surface area contributed by atoms with Gasteiger partial charge < -0.3 is 10.1 Å². The molecular weight excluding hydrogens is 397 g/mol. The predicted octanol–water partition coefficient (Wildman–Crippen LogP) is 4.03. The molecule has 6 nitrogen and oxygen atoms in total. The number of ether oxygens (including phenoxy) is 1. The van der Waals surface area contributed by atoms with Crippen LogP contribution in [0.3, 0.4) is 0 Å². The Bertz CT molecular complexity index is 744. The second-order valence-corrected chi connectivity index (χ2v) is 7.26. The monoisotopic (exact) mass is 423 g/mol. The lowest BCUT2D eigenvalue weighted by Gasteiger charge is -2.22. The molecule has 0 saturated heterocycles. The molecular formula is C21H27ClFN3O3. The zero-order valence-corrected chi connectivity index (χ0v) is 17.2. The first-order valence-electron chi connectivity index (χ1n) is 9.56. The molecule has 0 aliphatic carbocycles. The van der Waals surface area contributed by atoms with E-state index in [-0.39, 0.29) is 11.9 Å². The molecule has 0 aliphatic rings. The van der Waals surface area contributed by atoms with Crippen molar-refractivity contribution < 1.29 is 19.1 Å². The molecule has 2 atom stereocenters. The van der Waals surface area contributed by atoms with Gasteiger partial charge in [0.15, 0.2) is 0 Å². The molecule has 0 saturated carbocycles. The average molecular weight is 424 g/mol. The van der Waals surface area contributed by atoms with Crippen molar-refractivity contribution in [1.82, 2.24) is 15.8 Å². The Hall–Kier alpha value is -2.06. The van der Waals surface area contributed by atoms with Crippen LogP contribution in [-0.4, -0.2) is 29.8 Å². The number of hydrogen-bond acceptors (Lipinski definition) is 5. The van der Waals surface area contributed by atoms with Gasteiger partial charge in [0.05, 0.1) is 16.8 Å². The summed E-state index contributed by atoms with van der Waals surface area (Å²) in [4.78, 5) is 16.3. The van der Waals surface area contributed by atoms with Gasteiger partial charge in [0.2, 0.25) is 5.91 Å². The second kappa shape index (κ2) is 12.5. The van der Waals surface area contributed by atoms with Crippen LogP contribution in [0.4, 0.5) is 4.39 Å². The minimum absolute atomic E-state index is 0.324. The number of hydroxylamine groups is 1. The largest absolute Gasteiger partial charge is 0.377 e. The summed E-state index contributed by atoms with van der Waals surface area (Å²) in [6.45, 7) is 1.43. The number of unbranched alkanes of at least 4 members (excludes halogenated alkanes) is 1. The average Bonchev–Trinajstić information content (AvgIpc) is 2.74. The first kappa shape index (κ1) is 23.2. The zero-order valence-electron chi connectivity index (χ0n) is 16.4. The van der Waals surface area contributed by atoms with Gasteiger partial charge >= 0.3 is 0 Å². The topological polar surface area (TPSA) is 83.5 Å². The summed E-state index contributed by atoms with van der Waals surface area (Å²) in [6, 6.07) is 9.69. The van der Waals surface area contributed by atoms with Crippen molar-refractivity contribution in [2.45, 2.75) is 38.3 Å². The van der Waals surface area contributed by atoms with E-state index in [0.717, 1.165) is 30.6 Å². The summed E-state index contributed by atoms with van der Waals surface area (Å²) in [7, 11) is 1.55. The highest BCUT2D eigenvalue weighted by molar-refractivity contribution is 6.30. The van der Waals surface area contributed by atoms with Crippen LogP contribution >= 0.6 is 11.6 Å². The van der Waals surface area contributed by atoms with Crippen LogP contribution in [0.2, 0.25) is 5.02 Å². The molecule has 2 rings (SSSR count). The maximum Gasteiger partial charge on any atom is 0.246 e. The Morgan fingerprint density at radius 3 is 2.62 bits per heavy atom. The smallest absolute Gasteiger partial charge is 0.246 e. The number of methoxy groups -OCH3 is 1. The number of benzene rings is 1. The molecule has 8 heteroatoms. The highest BCUT2D eigenvalue weighted by Gasteiger charge is 2.23. The number of halogens is 2. The first-order valence-corrected chi connectivity index (χ1v) is 9.94. The second-order valence-electron chi connectivity index (χ2n) is 6.82. The molecule has 1 amide bonds. The maximum atomic E-state index is 13.1. The molecule has 158 valence electrons. The fourth-order valence-electron chi connectivity index (χ4n) is 3.12. The van der Waals surface area contributed by atoms with Crippen LogP contribution < -0.4 is 10.8 Å². The van der Waals surface area contributed by atoms with E-state index in [1.54, 1.807) is 37.0 Å². The summed E-state index contributed by atoms with van der Waals surface area (Å²) in [5.41, 5.74) is 3.45. The summed E-state index contributed by atoms with van der Waals surface area (Å²) >= 11 is 5.81. The van der Waals surface area contributed by atoms with Crippen molar-refractivity contribution in [3.8, 4) is 0 Å². The van der Waals surface area contributed by atoms with Crippen molar-refractivity contribution in [1.29, 1.82) is 0 Å². The molecule has 0 radical (unpaired) electrons. The van der Waals surface area contributed by atoms with Crippen LogP contribution in [0.5, 0.6) is 0 Å². The lowest BCUT2D eigenvalue weighted by Crippen LogP contribution is -2.29. The van der Waals surface area contributed by atoms with Crippen LogP contribution in [-0.2, 0) is 16.1 Å². The maximum absolute atomic E-state index is 13.1. The van der Waals surface area contributed by atoms with Gasteiger partial charge in [0.25, 0.3) is 0 Å². The van der Waals surface area contributed by atoms with Gasteiger partial charge in [-0.05, 0) is 55.6 Å². The van der Waals surface area contributed by atoms with Gasteiger partial charge in [0, 0.05) is 25.8 Å². The van der Waals surface area contributed by atoms with Crippen LogP contribution in [0.15, 0.2) is 42.6 Å². The molecule has 29 heavy (non-hydrogen) atoms. The lowest BCUT2D eigenvalue weighted by atomic mass is 9.91. The van der Waals surface area contributed by atoms with Crippen molar-refractivity contribution in [2.24, 2.45) is 5.92 Å². The summed E-state index contributed by atoms with van der Waals surface area (Å²) in [6.07, 6.45) is 3.94. The number of aromatic nitrogens is 1. The summed E-state index contributed by atoms with van der Waals surface area (Å²) < 4.78 is 18.6. The van der Waals surface area contributed by atoms with E-state index < -0.39 is 11.8 Å². The Morgan fingerprint density at radius 2 is 2.00 bits per heavy atom. The number of hydrogen-bond donors (Lipinski definition) is 3. The Labute approximate surface area is 175 Å². The fraction of sp³-hybridized carbons (Fsp3) is 0.429. The molecule has 0 unspecified atom stereocenters. The Morgan fingerprint density at radius 1 is 1.24 bits per heavy atom. The number of pyridine rings is 1. The van der Waals surface area contributed by atoms with Crippen LogP contribution in [0.1, 0.15) is 43.0 Å². The zero-order chi connectivity index (χ0) is 21.1. The summed E-state index contributed by atoms with van der Waals surface area (Å²) in [5.74, 6) is -1.17. The van der Waals surface area contributed by atoms with Gasteiger partial charge in [-0.1, -0.05) is 30.2 Å². The van der Waals surface area contributed by atoms with Crippen LogP contribution in [0, 0.1) is 11.7 Å². The molecule has 0 fully saturated rings. The van der Waals surface area contributed by atoms with Crippen LogP contribution in [0.25, 0.3) is 0 Å². The number of carbonyl (C=O) groups excluding carboxylic acids is 1. The van der Waals surface area contributed by atoms with E-state index >= 15 is 0 Å². The number of amides is 1. The van der Waals surface area contributed by atoms with Gasteiger partial charge in [-0.3, -0.25) is 15.0 Å². The Kier molecular flexibility index (Phi) is 10.0. The van der Waals surface area contributed by atoms with Gasteiger partial charge in [-0.25, -0.2) is 9.87 Å². The SMILES string of the molecule is CO[C@H](C[C@H](CCCCNCc1ccc(Cl)cn1)C(=O)NO)c1ccc(F)cc1. The Balaban J connectivity index is 1.78. The van der Waals surface area contributed by atoms with E-state index in [0.29, 0.717) is 24.4 Å². The van der Waals surface area contributed by atoms with E-state index in [1.807, 2.05) is 6.07 Å². The van der Waals surface area contributed by atoms with E-state index in [2.05, 4.69) is 10.3 Å². The lowest BCUT2D eigenvalue weighted by molar-refractivity contribution is -0.135. The van der Waals surface area contributed by atoms with Crippen molar-refractivity contribution in [3.63, 3.8) is 0 Å². The van der Waals surface area contributed by atoms with Gasteiger partial charge in [-0.2, -0.15) is 0 Å². The number of nitrogens with zero attached hydrogens (tertiary/aromatic N) is 1. The standard InChI is InChI=1S/C21H27ClFN3O3/c1-29-20(15-5-8-18(23)9-6-15)12-16(21(27)26-28)4-2-3-11-24-14-19-10-7-17(22)13-25-19/h5-10,13,16,20,24,28H,2-4,11-12,14H2,1H3,(H,26,27)/t16-,20+/m0/s1. The number of nitrogens with one attached hydrogen (secondary N) is 2. The van der Waals surface area contributed by atoms with Gasteiger partial charge in [-0.15, -0.1) is 0 Å². The van der Waals surface area contributed by atoms with Crippen molar-refractivity contribution in [2.75, 3.05) is 13.7 Å².